The average molecular weight is 568 g/mol. The summed E-state index contributed by atoms with van der Waals surface area (Å²) < 4.78 is 11.4. The highest BCUT2D eigenvalue weighted by Gasteiger charge is 2.50. The van der Waals surface area contributed by atoms with Crippen molar-refractivity contribution in [2.45, 2.75) is 77.7 Å². The summed E-state index contributed by atoms with van der Waals surface area (Å²) in [6.45, 7) is 10.7. The van der Waals surface area contributed by atoms with E-state index in [0.29, 0.717) is 50.3 Å². The van der Waals surface area contributed by atoms with Crippen molar-refractivity contribution in [1.29, 1.82) is 0 Å². The minimum atomic E-state index is -1.32. The number of likely N-dealkylation sites (tertiary alicyclic amines) is 2. The van der Waals surface area contributed by atoms with Gasteiger partial charge in [-0.05, 0) is 95.2 Å². The molecule has 2 fully saturated rings. The lowest BCUT2D eigenvalue weighted by atomic mass is 9.87. The van der Waals surface area contributed by atoms with E-state index in [1.807, 2.05) is 46.8 Å². The normalized spacial score (nSPS) is 20.6. The number of aryl methyl sites for hydroxylation is 2. The van der Waals surface area contributed by atoms with Gasteiger partial charge in [0.05, 0.1) is 0 Å². The van der Waals surface area contributed by atoms with Crippen LogP contribution in [0.1, 0.15) is 62.5 Å². The van der Waals surface area contributed by atoms with Crippen molar-refractivity contribution in [3.05, 3.63) is 58.9 Å². The number of carbonyl (C=O) groups excluding carboxylic acids is 3. The molecular formula is C30H41N5O6. The molecule has 1 aromatic carbocycles. The standard InChI is InChI=1S/C30H41N5O6/c1-19-16-21(17-20(2)32-19)18-40-24-8-6-23(7-9-24)30(31)12-15-35(27(30)37)25(26(36)33-39)22-10-13-34(14-11-22)28(38)41-29(3,4)5/h6-9,16-17,22,25,39H,10-15,18,31H2,1-5H3,(H,33,36)/t25-,30-/m1/s1. The lowest BCUT2D eigenvalue weighted by Gasteiger charge is -2.39. The molecule has 11 nitrogen and oxygen atoms in total. The van der Waals surface area contributed by atoms with Gasteiger partial charge in [-0.3, -0.25) is 19.8 Å². The van der Waals surface area contributed by atoms with Crippen molar-refractivity contribution in [2.24, 2.45) is 11.7 Å². The lowest BCUT2D eigenvalue weighted by Crippen LogP contribution is -2.56. The summed E-state index contributed by atoms with van der Waals surface area (Å²) in [6, 6.07) is 10.2. The zero-order valence-corrected chi connectivity index (χ0v) is 24.5. The molecule has 222 valence electrons. The highest BCUT2D eigenvalue weighted by molar-refractivity contribution is 5.94. The Bertz CT molecular complexity index is 1250. The maximum absolute atomic E-state index is 13.7. The van der Waals surface area contributed by atoms with Gasteiger partial charge in [-0.2, -0.15) is 0 Å². The molecule has 41 heavy (non-hydrogen) atoms. The number of hydrogen-bond acceptors (Lipinski definition) is 8. The van der Waals surface area contributed by atoms with Gasteiger partial charge in [0, 0.05) is 31.0 Å². The molecular weight excluding hydrogens is 526 g/mol. The van der Waals surface area contributed by atoms with Crippen LogP contribution in [0.15, 0.2) is 36.4 Å². The molecule has 4 rings (SSSR count). The number of ether oxygens (including phenoxy) is 2. The molecule has 4 N–H and O–H groups in total. The third kappa shape index (κ3) is 6.97. The van der Waals surface area contributed by atoms with Gasteiger partial charge in [-0.25, -0.2) is 10.3 Å². The van der Waals surface area contributed by atoms with Crippen LogP contribution in [-0.4, -0.2) is 69.2 Å². The molecule has 3 heterocycles. The number of nitrogens with one attached hydrogen (secondary N) is 1. The first-order chi connectivity index (χ1) is 19.3. The van der Waals surface area contributed by atoms with Gasteiger partial charge in [0.15, 0.2) is 0 Å². The minimum Gasteiger partial charge on any atom is -0.489 e. The number of pyridine rings is 1. The van der Waals surface area contributed by atoms with Crippen molar-refractivity contribution in [2.75, 3.05) is 19.6 Å². The molecule has 2 saturated heterocycles. The fourth-order valence-electron chi connectivity index (χ4n) is 5.71. The largest absolute Gasteiger partial charge is 0.489 e. The summed E-state index contributed by atoms with van der Waals surface area (Å²) >= 11 is 0. The number of nitrogens with two attached hydrogens (primary N) is 1. The van der Waals surface area contributed by atoms with Crippen LogP contribution in [0.5, 0.6) is 5.75 Å². The first-order valence-corrected chi connectivity index (χ1v) is 14.0. The Morgan fingerprint density at radius 1 is 1.12 bits per heavy atom. The summed E-state index contributed by atoms with van der Waals surface area (Å²) in [5, 5.41) is 9.52. The quantitative estimate of drug-likeness (QED) is 0.341. The minimum absolute atomic E-state index is 0.261. The molecule has 3 amide bonds. The molecule has 0 saturated carbocycles. The van der Waals surface area contributed by atoms with E-state index in [1.54, 1.807) is 34.6 Å². The summed E-state index contributed by atoms with van der Waals surface area (Å²) in [5.74, 6) is -0.662. The predicted octanol–water partition coefficient (Wildman–Crippen LogP) is 3.18. The molecule has 1 aromatic heterocycles. The van der Waals surface area contributed by atoms with Gasteiger partial charge in [0.25, 0.3) is 5.91 Å². The Morgan fingerprint density at radius 2 is 1.73 bits per heavy atom. The second-order valence-corrected chi connectivity index (χ2v) is 12.0. The van der Waals surface area contributed by atoms with Gasteiger partial charge >= 0.3 is 6.09 Å². The number of nitrogens with zero attached hydrogens (tertiary/aromatic N) is 3. The number of benzene rings is 1. The van der Waals surface area contributed by atoms with E-state index in [0.717, 1.165) is 17.0 Å². The maximum Gasteiger partial charge on any atom is 0.410 e. The van der Waals surface area contributed by atoms with Gasteiger partial charge in [0.1, 0.15) is 29.5 Å². The van der Waals surface area contributed by atoms with Gasteiger partial charge in [0.2, 0.25) is 5.91 Å². The topological polar surface area (TPSA) is 147 Å². The maximum atomic E-state index is 13.7. The van der Waals surface area contributed by atoms with E-state index in [-0.39, 0.29) is 18.4 Å². The highest BCUT2D eigenvalue weighted by Crippen LogP contribution is 2.36. The Hall–Kier alpha value is -3.70. The van der Waals surface area contributed by atoms with Crippen LogP contribution in [0.25, 0.3) is 0 Å². The Kier molecular flexibility index (Phi) is 8.89. The first-order valence-electron chi connectivity index (χ1n) is 14.0. The van der Waals surface area contributed by atoms with E-state index < -0.39 is 29.2 Å². The number of hydroxylamine groups is 1. The molecule has 0 radical (unpaired) electrons. The van der Waals surface area contributed by atoms with Crippen LogP contribution in [0, 0.1) is 19.8 Å². The molecule has 0 unspecified atom stereocenters. The zero-order chi connectivity index (χ0) is 29.9. The zero-order valence-electron chi connectivity index (χ0n) is 24.5. The van der Waals surface area contributed by atoms with Crippen molar-refractivity contribution in [3.63, 3.8) is 0 Å². The molecule has 2 aliphatic heterocycles. The number of aromatic nitrogens is 1. The molecule has 2 aromatic rings. The number of hydrogen-bond donors (Lipinski definition) is 3. The lowest BCUT2D eigenvalue weighted by molar-refractivity contribution is -0.147. The van der Waals surface area contributed by atoms with Crippen LogP contribution in [0.3, 0.4) is 0 Å². The van der Waals surface area contributed by atoms with E-state index >= 15 is 0 Å². The van der Waals surface area contributed by atoms with E-state index in [2.05, 4.69) is 4.98 Å². The second-order valence-electron chi connectivity index (χ2n) is 12.0. The summed E-state index contributed by atoms with van der Waals surface area (Å²) in [6.07, 6.45) is 0.853. The number of carbonyl (C=O) groups is 3. The van der Waals surface area contributed by atoms with E-state index in [1.165, 1.54) is 4.90 Å². The molecule has 2 aliphatic rings. The van der Waals surface area contributed by atoms with Gasteiger partial charge in [-0.1, -0.05) is 12.1 Å². The monoisotopic (exact) mass is 567 g/mol. The van der Waals surface area contributed by atoms with Crippen molar-refractivity contribution >= 4 is 17.9 Å². The average Bonchev–Trinajstić information content (AvgIpc) is 3.21. The van der Waals surface area contributed by atoms with Crippen LogP contribution in [-0.2, 0) is 26.5 Å². The Labute approximate surface area is 240 Å². The third-order valence-corrected chi connectivity index (χ3v) is 7.66. The molecule has 2 atom stereocenters. The van der Waals surface area contributed by atoms with Crippen LogP contribution in [0.2, 0.25) is 0 Å². The van der Waals surface area contributed by atoms with Gasteiger partial charge in [-0.15, -0.1) is 0 Å². The first kappa shape index (κ1) is 30.3. The smallest absolute Gasteiger partial charge is 0.410 e. The molecule has 0 bridgehead atoms. The van der Waals surface area contributed by atoms with Gasteiger partial charge < -0.3 is 25.0 Å². The summed E-state index contributed by atoms with van der Waals surface area (Å²) in [5.41, 5.74) is 9.99. The predicted molar refractivity (Wildman–Crippen MR) is 151 cm³/mol. The second kappa shape index (κ2) is 12.0. The van der Waals surface area contributed by atoms with Crippen molar-refractivity contribution in [1.82, 2.24) is 20.3 Å². The SMILES string of the molecule is Cc1cc(COc2ccc([C@]3(N)CCN([C@@H](C(=O)NO)C4CCN(C(=O)OC(C)(C)C)CC4)C3=O)cc2)cc(C)n1. The summed E-state index contributed by atoms with van der Waals surface area (Å²) in [7, 11) is 0. The number of piperidine rings is 1. The van der Waals surface area contributed by atoms with E-state index in [9.17, 15) is 19.6 Å². The molecule has 0 spiro atoms. The fourth-order valence-corrected chi connectivity index (χ4v) is 5.71. The highest BCUT2D eigenvalue weighted by atomic mass is 16.6. The summed E-state index contributed by atoms with van der Waals surface area (Å²) in [4.78, 5) is 46.5. The van der Waals surface area contributed by atoms with Crippen LogP contribution in [0.4, 0.5) is 4.79 Å². The van der Waals surface area contributed by atoms with Crippen molar-refractivity contribution < 1.29 is 29.1 Å². The number of rotatable bonds is 7. The van der Waals surface area contributed by atoms with Crippen LogP contribution >= 0.6 is 0 Å². The van der Waals surface area contributed by atoms with Crippen molar-refractivity contribution in [3.8, 4) is 5.75 Å². The number of amides is 3. The molecule has 11 heteroatoms. The third-order valence-electron chi connectivity index (χ3n) is 7.66. The van der Waals surface area contributed by atoms with E-state index in [4.69, 9.17) is 15.2 Å². The Morgan fingerprint density at radius 3 is 2.29 bits per heavy atom. The Balaban J connectivity index is 1.42. The fraction of sp³-hybridized carbons (Fsp3) is 0.533. The molecule has 0 aliphatic carbocycles. The van der Waals surface area contributed by atoms with Crippen LogP contribution < -0.4 is 16.0 Å².